The molecule has 0 spiro atoms. The van der Waals surface area contributed by atoms with Gasteiger partial charge in [-0.25, -0.2) is 0 Å². The van der Waals surface area contributed by atoms with E-state index >= 15 is 0 Å². The van der Waals surface area contributed by atoms with Crippen LogP contribution in [0.1, 0.15) is 43.6 Å². The summed E-state index contributed by atoms with van der Waals surface area (Å²) in [6.07, 6.45) is 6.92. The molecule has 0 N–H and O–H groups in total. The molecule has 1 atom stereocenters. The molecule has 72 valence electrons. The normalized spacial score (nSPS) is 25.6. The quantitative estimate of drug-likeness (QED) is 0.578. The van der Waals surface area contributed by atoms with Crippen LogP contribution >= 0.6 is 0 Å². The Bertz CT molecular complexity index is 353. The minimum atomic E-state index is 0.772. The summed E-state index contributed by atoms with van der Waals surface area (Å²) in [6, 6.07) is 11.0. The Morgan fingerprint density at radius 1 is 0.929 bits per heavy atom. The highest BCUT2D eigenvalue weighted by atomic mass is 14.3. The van der Waals surface area contributed by atoms with Gasteiger partial charge in [0.2, 0.25) is 0 Å². The van der Waals surface area contributed by atoms with Crippen LogP contribution in [0.5, 0.6) is 0 Å². The molecule has 14 heavy (non-hydrogen) atoms. The number of benzene rings is 1. The van der Waals surface area contributed by atoms with E-state index in [1.807, 2.05) is 0 Å². The Balaban J connectivity index is 1.95. The highest BCUT2D eigenvalue weighted by molar-refractivity contribution is 5.38. The molecule has 2 saturated carbocycles. The van der Waals surface area contributed by atoms with Crippen LogP contribution in [0.4, 0.5) is 0 Å². The highest BCUT2D eigenvalue weighted by Gasteiger charge is 2.28. The van der Waals surface area contributed by atoms with Crippen molar-refractivity contribution in [3.8, 4) is 0 Å². The van der Waals surface area contributed by atoms with E-state index in [9.17, 15) is 0 Å². The van der Waals surface area contributed by atoms with Crippen LogP contribution in [0.2, 0.25) is 0 Å². The molecule has 1 unspecified atom stereocenters. The first-order valence-electron chi connectivity index (χ1n) is 5.71. The van der Waals surface area contributed by atoms with E-state index in [0.717, 1.165) is 5.92 Å². The van der Waals surface area contributed by atoms with E-state index in [2.05, 4.69) is 30.3 Å². The fourth-order valence-electron chi connectivity index (χ4n) is 2.71. The third-order valence-electron chi connectivity index (χ3n) is 3.52. The monoisotopic (exact) mass is 184 g/mol. The zero-order valence-corrected chi connectivity index (χ0v) is 8.50. The lowest BCUT2D eigenvalue weighted by Gasteiger charge is -2.12. The maximum atomic E-state index is 2.29. The average molecular weight is 184 g/mol. The van der Waals surface area contributed by atoms with Gasteiger partial charge in [0.05, 0.1) is 0 Å². The first-order valence-corrected chi connectivity index (χ1v) is 5.71. The van der Waals surface area contributed by atoms with Crippen molar-refractivity contribution < 1.29 is 0 Å². The molecule has 0 aliphatic heterocycles. The largest absolute Gasteiger partial charge is 0.0698 e. The fraction of sp³-hybridized carbons (Fsp3) is 0.429. The Morgan fingerprint density at radius 2 is 1.71 bits per heavy atom. The van der Waals surface area contributed by atoms with E-state index in [4.69, 9.17) is 0 Å². The van der Waals surface area contributed by atoms with E-state index in [1.54, 1.807) is 16.7 Å². The van der Waals surface area contributed by atoms with Gasteiger partial charge in [0, 0.05) is 5.92 Å². The number of hydrogen-bond donors (Lipinski definition) is 0. The van der Waals surface area contributed by atoms with Crippen molar-refractivity contribution in [1.82, 2.24) is 0 Å². The smallest absolute Gasteiger partial charge is 0.00509 e. The van der Waals surface area contributed by atoms with Crippen molar-refractivity contribution in [3.63, 3.8) is 0 Å². The van der Waals surface area contributed by atoms with Gasteiger partial charge in [-0.1, -0.05) is 41.5 Å². The molecular weight excluding hydrogens is 168 g/mol. The predicted octanol–water partition coefficient (Wildman–Crippen LogP) is 4.04. The van der Waals surface area contributed by atoms with Crippen LogP contribution in [0.3, 0.4) is 0 Å². The van der Waals surface area contributed by atoms with Crippen molar-refractivity contribution in [2.24, 2.45) is 0 Å². The molecule has 1 aromatic rings. The average Bonchev–Trinajstić information content (AvgIpc) is 2.98. The van der Waals surface area contributed by atoms with E-state index in [0.29, 0.717) is 0 Å². The van der Waals surface area contributed by atoms with Gasteiger partial charge in [-0.15, -0.1) is 0 Å². The van der Waals surface area contributed by atoms with Crippen LogP contribution < -0.4 is 0 Å². The summed E-state index contributed by atoms with van der Waals surface area (Å²) < 4.78 is 0. The zero-order valence-electron chi connectivity index (χ0n) is 8.50. The van der Waals surface area contributed by atoms with Gasteiger partial charge in [0.25, 0.3) is 0 Å². The predicted molar refractivity (Wildman–Crippen MR) is 59.3 cm³/mol. The lowest BCUT2D eigenvalue weighted by atomic mass is 9.93. The van der Waals surface area contributed by atoms with E-state index in [-0.39, 0.29) is 0 Å². The molecule has 1 aromatic carbocycles. The van der Waals surface area contributed by atoms with Crippen LogP contribution in [0.15, 0.2) is 41.5 Å². The summed E-state index contributed by atoms with van der Waals surface area (Å²) in [5.74, 6) is 0.772. The molecule has 0 bridgehead atoms. The minimum absolute atomic E-state index is 0.772. The molecule has 0 aromatic heterocycles. The molecule has 0 saturated heterocycles. The second-order valence-corrected chi connectivity index (χ2v) is 4.48. The fourth-order valence-corrected chi connectivity index (χ4v) is 2.71. The highest BCUT2D eigenvalue weighted by Crippen LogP contribution is 2.46. The minimum Gasteiger partial charge on any atom is -0.0698 e. The molecule has 3 rings (SSSR count). The van der Waals surface area contributed by atoms with Gasteiger partial charge >= 0.3 is 0 Å². The molecule has 0 nitrogen and oxygen atoms in total. The first-order chi connectivity index (χ1) is 6.95. The zero-order chi connectivity index (χ0) is 9.38. The van der Waals surface area contributed by atoms with E-state index in [1.165, 1.54) is 32.1 Å². The summed E-state index contributed by atoms with van der Waals surface area (Å²) in [5.41, 5.74) is 5.10. The topological polar surface area (TPSA) is 0 Å². The lowest BCUT2D eigenvalue weighted by molar-refractivity contribution is 0.791. The molecule has 2 aliphatic rings. The van der Waals surface area contributed by atoms with Crippen molar-refractivity contribution in [1.29, 1.82) is 0 Å². The summed E-state index contributed by atoms with van der Waals surface area (Å²) in [7, 11) is 0. The van der Waals surface area contributed by atoms with Gasteiger partial charge in [0.15, 0.2) is 0 Å². The molecule has 2 aliphatic carbocycles. The maximum absolute atomic E-state index is 2.29. The number of rotatable bonds is 1. The molecule has 2 fully saturated rings. The van der Waals surface area contributed by atoms with Crippen molar-refractivity contribution in [2.45, 2.75) is 38.0 Å². The SMILES string of the molecule is c1ccc(C2CCCC2=C2CC2)cc1. The van der Waals surface area contributed by atoms with Crippen LogP contribution in [0, 0.1) is 0 Å². The molecule has 0 heterocycles. The third kappa shape index (κ3) is 1.39. The Hall–Kier alpha value is -1.04. The molecular formula is C14H16. The number of hydrogen-bond acceptors (Lipinski definition) is 0. The molecule has 0 heteroatoms. The summed E-state index contributed by atoms with van der Waals surface area (Å²) >= 11 is 0. The van der Waals surface area contributed by atoms with Gasteiger partial charge in [-0.2, -0.15) is 0 Å². The Labute approximate surface area is 85.6 Å². The van der Waals surface area contributed by atoms with Crippen LogP contribution in [0.25, 0.3) is 0 Å². The molecule has 0 amide bonds. The lowest BCUT2D eigenvalue weighted by Crippen LogP contribution is -1.94. The summed E-state index contributed by atoms with van der Waals surface area (Å²) in [4.78, 5) is 0. The van der Waals surface area contributed by atoms with E-state index < -0.39 is 0 Å². The van der Waals surface area contributed by atoms with Gasteiger partial charge in [-0.05, 0) is 37.7 Å². The first kappa shape index (κ1) is 8.28. The van der Waals surface area contributed by atoms with Crippen molar-refractivity contribution >= 4 is 0 Å². The Morgan fingerprint density at radius 3 is 2.43 bits per heavy atom. The van der Waals surface area contributed by atoms with Crippen LogP contribution in [-0.2, 0) is 0 Å². The van der Waals surface area contributed by atoms with Gasteiger partial charge in [-0.3, -0.25) is 0 Å². The summed E-state index contributed by atoms with van der Waals surface area (Å²) in [6.45, 7) is 0. The van der Waals surface area contributed by atoms with Crippen molar-refractivity contribution in [2.75, 3.05) is 0 Å². The second-order valence-electron chi connectivity index (χ2n) is 4.48. The maximum Gasteiger partial charge on any atom is 0.00509 e. The standard InChI is InChI=1S/C14H16/c1-2-5-11(6-3-1)13-7-4-8-14(13)12-9-10-12/h1-3,5-6,13H,4,7-10H2. The van der Waals surface area contributed by atoms with Gasteiger partial charge < -0.3 is 0 Å². The van der Waals surface area contributed by atoms with Crippen molar-refractivity contribution in [3.05, 3.63) is 47.0 Å². The van der Waals surface area contributed by atoms with Gasteiger partial charge in [0.1, 0.15) is 0 Å². The third-order valence-corrected chi connectivity index (χ3v) is 3.52. The summed E-state index contributed by atoms with van der Waals surface area (Å²) in [5, 5.41) is 0. The van der Waals surface area contributed by atoms with Crippen LogP contribution in [-0.4, -0.2) is 0 Å². The Kier molecular flexibility index (Phi) is 1.93. The molecule has 0 radical (unpaired) electrons. The number of allylic oxidation sites excluding steroid dienone is 2. The second kappa shape index (κ2) is 3.27.